The van der Waals surface area contributed by atoms with Crippen LogP contribution in [0, 0.1) is 5.92 Å². The van der Waals surface area contributed by atoms with E-state index in [4.69, 9.17) is 0 Å². The molecule has 1 aliphatic heterocycles. The zero-order valence-electron chi connectivity index (χ0n) is 9.59. The van der Waals surface area contributed by atoms with E-state index in [1.165, 1.54) is 12.1 Å². The monoisotopic (exact) mass is 241 g/mol. The van der Waals surface area contributed by atoms with E-state index in [0.29, 0.717) is 5.92 Å². The second kappa shape index (κ2) is 3.25. The quantitative estimate of drug-likeness (QED) is 0.730. The summed E-state index contributed by atoms with van der Waals surface area (Å²) in [5.74, 6) is 0.643. The van der Waals surface area contributed by atoms with E-state index in [-0.39, 0.29) is 5.41 Å². The van der Waals surface area contributed by atoms with Crippen molar-refractivity contribution >= 4 is 0 Å². The molecule has 4 heteroatoms. The summed E-state index contributed by atoms with van der Waals surface area (Å²) in [5, 5.41) is 0. The third-order valence-electron chi connectivity index (χ3n) is 4.10. The van der Waals surface area contributed by atoms with Gasteiger partial charge in [-0.2, -0.15) is 13.2 Å². The van der Waals surface area contributed by atoms with Crippen molar-refractivity contribution < 1.29 is 13.2 Å². The summed E-state index contributed by atoms with van der Waals surface area (Å²) in [6.07, 6.45) is -3.10. The van der Waals surface area contributed by atoms with E-state index < -0.39 is 11.7 Å². The molecule has 3 rings (SSSR count). The Morgan fingerprint density at radius 1 is 1.24 bits per heavy atom. The first-order chi connectivity index (χ1) is 7.92. The van der Waals surface area contributed by atoms with Gasteiger partial charge in [0.15, 0.2) is 0 Å². The van der Waals surface area contributed by atoms with Crippen LogP contribution in [0.25, 0.3) is 0 Å². The van der Waals surface area contributed by atoms with Crippen LogP contribution < -0.4 is 0 Å². The number of benzene rings is 1. The number of nitrogens with zero attached hydrogens (tertiary/aromatic N) is 1. The Balaban J connectivity index is 1.87. The normalized spacial score (nSPS) is 32.6. The fraction of sp³-hybridized carbons (Fsp3) is 0.538. The third-order valence-corrected chi connectivity index (χ3v) is 4.10. The van der Waals surface area contributed by atoms with E-state index in [0.717, 1.165) is 25.1 Å². The van der Waals surface area contributed by atoms with E-state index >= 15 is 0 Å². The largest absolute Gasteiger partial charge is 0.416 e. The highest BCUT2D eigenvalue weighted by Crippen LogP contribution is 2.58. The van der Waals surface area contributed by atoms with Gasteiger partial charge in [-0.1, -0.05) is 12.1 Å². The molecule has 0 aromatic heterocycles. The van der Waals surface area contributed by atoms with Crippen molar-refractivity contribution in [3.63, 3.8) is 0 Å². The highest BCUT2D eigenvalue weighted by Gasteiger charge is 2.59. The number of likely N-dealkylation sites (N-methyl/N-ethyl adjacent to an activating group) is 1. The van der Waals surface area contributed by atoms with Gasteiger partial charge in [0.2, 0.25) is 0 Å². The molecule has 17 heavy (non-hydrogen) atoms. The predicted octanol–water partition coefficient (Wildman–Crippen LogP) is 2.91. The average molecular weight is 241 g/mol. The average Bonchev–Trinajstić information content (AvgIpc) is 2.82. The van der Waals surface area contributed by atoms with Gasteiger partial charge in [-0.25, -0.2) is 0 Å². The van der Waals surface area contributed by atoms with Crippen molar-refractivity contribution in [1.29, 1.82) is 0 Å². The smallest absolute Gasteiger partial charge is 0.305 e. The third kappa shape index (κ3) is 1.66. The molecule has 0 N–H and O–H groups in total. The first-order valence-electron chi connectivity index (χ1n) is 5.78. The Morgan fingerprint density at radius 2 is 1.88 bits per heavy atom. The van der Waals surface area contributed by atoms with Gasteiger partial charge in [-0.05, 0) is 37.1 Å². The Morgan fingerprint density at radius 3 is 2.35 bits per heavy atom. The first kappa shape index (κ1) is 11.1. The van der Waals surface area contributed by atoms with E-state index in [2.05, 4.69) is 11.9 Å². The highest BCUT2D eigenvalue weighted by molar-refractivity contribution is 5.39. The zero-order valence-corrected chi connectivity index (χ0v) is 9.59. The summed E-state index contributed by atoms with van der Waals surface area (Å²) in [4.78, 5) is 2.26. The fourth-order valence-corrected chi connectivity index (χ4v) is 3.17. The standard InChI is InChI=1S/C13H14F3N/c1-17-7-11-6-12(11,8-17)9-2-4-10(5-3-9)13(14,15)16/h2-5,11H,6-8H2,1H3/t11-,12+/m1/s1. The SMILES string of the molecule is CN1C[C@H]2C[C@@]2(c2ccc(C(F)(F)F)cc2)C1. The number of halogens is 3. The lowest BCUT2D eigenvalue weighted by Crippen LogP contribution is -2.22. The molecule has 0 unspecified atom stereocenters. The molecule has 0 radical (unpaired) electrons. The minimum Gasteiger partial charge on any atom is -0.305 e. The Kier molecular flexibility index (Phi) is 2.12. The molecule has 2 atom stereocenters. The van der Waals surface area contributed by atoms with Crippen molar-refractivity contribution in [2.24, 2.45) is 5.92 Å². The lowest BCUT2D eigenvalue weighted by molar-refractivity contribution is -0.137. The van der Waals surface area contributed by atoms with Gasteiger partial charge >= 0.3 is 6.18 Å². The molecule has 2 aliphatic rings. The second-order valence-electron chi connectivity index (χ2n) is 5.33. The molecule has 0 amide bonds. The van der Waals surface area contributed by atoms with Crippen LogP contribution in [0.4, 0.5) is 13.2 Å². The van der Waals surface area contributed by atoms with Gasteiger partial charge in [0.25, 0.3) is 0 Å². The molecule has 1 saturated carbocycles. The lowest BCUT2D eigenvalue weighted by Gasteiger charge is -2.17. The van der Waals surface area contributed by atoms with Gasteiger partial charge in [-0.3, -0.25) is 0 Å². The molecule has 2 fully saturated rings. The van der Waals surface area contributed by atoms with Crippen LogP contribution >= 0.6 is 0 Å². The van der Waals surface area contributed by atoms with Gasteiger partial charge in [0.1, 0.15) is 0 Å². The van der Waals surface area contributed by atoms with Crippen LogP contribution in [-0.4, -0.2) is 25.0 Å². The van der Waals surface area contributed by atoms with Crippen molar-refractivity contribution in [3.05, 3.63) is 35.4 Å². The number of likely N-dealkylation sites (tertiary alicyclic amines) is 1. The van der Waals surface area contributed by atoms with E-state index in [1.807, 2.05) is 0 Å². The van der Waals surface area contributed by atoms with Crippen LogP contribution in [0.3, 0.4) is 0 Å². The summed E-state index contributed by atoms with van der Waals surface area (Å²) in [5.41, 5.74) is 0.667. The minimum atomic E-state index is -4.23. The van der Waals surface area contributed by atoms with Gasteiger partial charge in [-0.15, -0.1) is 0 Å². The summed E-state index contributed by atoms with van der Waals surface area (Å²) in [7, 11) is 2.07. The summed E-state index contributed by atoms with van der Waals surface area (Å²) >= 11 is 0. The predicted molar refractivity (Wildman–Crippen MR) is 58.7 cm³/mol. The highest BCUT2D eigenvalue weighted by atomic mass is 19.4. The van der Waals surface area contributed by atoms with Gasteiger partial charge < -0.3 is 4.90 Å². The fourth-order valence-electron chi connectivity index (χ4n) is 3.17. The molecule has 1 heterocycles. The number of alkyl halides is 3. The molecule has 0 bridgehead atoms. The summed E-state index contributed by atoms with van der Waals surface area (Å²) in [6, 6.07) is 5.72. The Bertz CT molecular complexity index is 437. The zero-order chi connectivity index (χ0) is 12.3. The molecular weight excluding hydrogens is 227 g/mol. The van der Waals surface area contributed by atoms with Crippen molar-refractivity contribution in [1.82, 2.24) is 4.90 Å². The molecule has 1 nitrogen and oxygen atoms in total. The van der Waals surface area contributed by atoms with Crippen molar-refractivity contribution in [2.75, 3.05) is 20.1 Å². The van der Waals surface area contributed by atoms with Crippen LogP contribution in [0.5, 0.6) is 0 Å². The topological polar surface area (TPSA) is 3.24 Å². The number of fused-ring (bicyclic) bond motifs is 1. The molecule has 1 aliphatic carbocycles. The maximum Gasteiger partial charge on any atom is 0.416 e. The van der Waals surface area contributed by atoms with Crippen LogP contribution in [0.1, 0.15) is 17.5 Å². The minimum absolute atomic E-state index is 0.152. The van der Waals surface area contributed by atoms with E-state index in [9.17, 15) is 13.2 Å². The van der Waals surface area contributed by atoms with Gasteiger partial charge in [0, 0.05) is 18.5 Å². The summed E-state index contributed by atoms with van der Waals surface area (Å²) in [6.45, 7) is 2.05. The maximum absolute atomic E-state index is 12.5. The Hall–Kier alpha value is -1.03. The molecule has 1 saturated heterocycles. The van der Waals surface area contributed by atoms with Crippen LogP contribution in [0.2, 0.25) is 0 Å². The number of rotatable bonds is 1. The second-order valence-corrected chi connectivity index (χ2v) is 5.33. The molecule has 92 valence electrons. The molecule has 0 spiro atoms. The van der Waals surface area contributed by atoms with Crippen molar-refractivity contribution in [3.8, 4) is 0 Å². The van der Waals surface area contributed by atoms with Crippen LogP contribution in [0.15, 0.2) is 24.3 Å². The molecule has 1 aromatic rings. The number of piperidine rings is 1. The lowest BCUT2D eigenvalue weighted by atomic mass is 9.94. The maximum atomic E-state index is 12.5. The van der Waals surface area contributed by atoms with Crippen LogP contribution in [-0.2, 0) is 11.6 Å². The van der Waals surface area contributed by atoms with Crippen molar-refractivity contribution in [2.45, 2.75) is 18.0 Å². The summed E-state index contributed by atoms with van der Waals surface area (Å²) < 4.78 is 37.4. The van der Waals surface area contributed by atoms with E-state index in [1.54, 1.807) is 12.1 Å². The molecule has 1 aromatic carbocycles. The number of hydrogen-bond donors (Lipinski definition) is 0. The Labute approximate surface area is 98.2 Å². The first-order valence-corrected chi connectivity index (χ1v) is 5.78. The molecular formula is C13H14F3N. The number of hydrogen-bond acceptors (Lipinski definition) is 1. The van der Waals surface area contributed by atoms with Gasteiger partial charge in [0.05, 0.1) is 5.56 Å².